The molecule has 6 nitrogen and oxygen atoms in total. The lowest BCUT2D eigenvalue weighted by Crippen LogP contribution is -2.27. The number of carbonyl (C=O) groups is 1. The Kier molecular flexibility index (Phi) is 6.01. The Morgan fingerprint density at radius 1 is 1.17 bits per heavy atom. The molecule has 0 radical (unpaired) electrons. The number of aromatic nitrogens is 1. The second-order valence-corrected chi connectivity index (χ2v) is 5.73. The molecule has 0 saturated carbocycles. The van der Waals surface area contributed by atoms with Crippen molar-refractivity contribution in [2.45, 2.75) is 13.8 Å². The summed E-state index contributed by atoms with van der Waals surface area (Å²) in [6, 6.07) is 8.97. The molecular weight excluding hydrogens is 306 g/mol. The molecule has 1 aromatic heterocycles. The maximum absolute atomic E-state index is 12.0. The van der Waals surface area contributed by atoms with E-state index in [0.29, 0.717) is 23.9 Å². The first-order valence-electron chi connectivity index (χ1n) is 7.76. The Balaban J connectivity index is 2.10. The number of pyridine rings is 1. The van der Waals surface area contributed by atoms with Crippen molar-refractivity contribution in [2.24, 2.45) is 5.92 Å². The summed E-state index contributed by atoms with van der Waals surface area (Å²) in [5.41, 5.74) is 1.90. The lowest BCUT2D eigenvalue weighted by atomic mass is 10.2. The number of amides is 1. The van der Waals surface area contributed by atoms with Gasteiger partial charge in [-0.05, 0) is 30.2 Å². The average Bonchev–Trinajstić information content (AvgIpc) is 2.60. The molecule has 2 N–H and O–H groups in total. The van der Waals surface area contributed by atoms with Gasteiger partial charge in [-0.2, -0.15) is 0 Å². The fourth-order valence-corrected chi connectivity index (χ4v) is 2.06. The van der Waals surface area contributed by atoms with Crippen LogP contribution in [0.3, 0.4) is 0 Å². The van der Waals surface area contributed by atoms with Gasteiger partial charge in [-0.1, -0.05) is 13.8 Å². The minimum atomic E-state index is -0.172. The highest BCUT2D eigenvalue weighted by Crippen LogP contribution is 2.31. The van der Waals surface area contributed by atoms with E-state index in [2.05, 4.69) is 15.6 Å². The average molecular weight is 329 g/mol. The number of carbonyl (C=O) groups excluding carboxylic acids is 1. The van der Waals surface area contributed by atoms with E-state index < -0.39 is 0 Å². The molecule has 0 unspecified atom stereocenters. The van der Waals surface area contributed by atoms with E-state index in [4.69, 9.17) is 9.47 Å². The topological polar surface area (TPSA) is 72.5 Å². The second kappa shape index (κ2) is 8.19. The van der Waals surface area contributed by atoms with Crippen molar-refractivity contribution in [1.82, 2.24) is 10.3 Å². The zero-order chi connectivity index (χ0) is 17.5. The third-order valence-electron chi connectivity index (χ3n) is 3.35. The maximum Gasteiger partial charge on any atom is 0.269 e. The van der Waals surface area contributed by atoms with Gasteiger partial charge in [0.2, 0.25) is 0 Å². The summed E-state index contributed by atoms with van der Waals surface area (Å²) < 4.78 is 10.6. The Hall–Kier alpha value is -2.76. The highest BCUT2D eigenvalue weighted by molar-refractivity contribution is 5.92. The largest absolute Gasteiger partial charge is 0.497 e. The van der Waals surface area contributed by atoms with E-state index in [1.165, 1.54) is 0 Å². The van der Waals surface area contributed by atoms with E-state index >= 15 is 0 Å². The number of benzene rings is 1. The summed E-state index contributed by atoms with van der Waals surface area (Å²) in [6.45, 7) is 4.71. The van der Waals surface area contributed by atoms with Crippen LogP contribution in [0.4, 0.5) is 11.4 Å². The minimum Gasteiger partial charge on any atom is -0.497 e. The van der Waals surface area contributed by atoms with Crippen molar-refractivity contribution in [3.05, 3.63) is 42.2 Å². The molecule has 6 heteroatoms. The van der Waals surface area contributed by atoms with Gasteiger partial charge in [-0.15, -0.1) is 0 Å². The molecule has 0 atom stereocenters. The molecule has 0 aliphatic carbocycles. The first-order valence-corrected chi connectivity index (χ1v) is 7.76. The van der Waals surface area contributed by atoms with Gasteiger partial charge < -0.3 is 20.1 Å². The fraction of sp³-hybridized carbons (Fsp3) is 0.333. The highest BCUT2D eigenvalue weighted by Gasteiger charge is 2.09. The minimum absolute atomic E-state index is 0.172. The number of methoxy groups -OCH3 is 2. The molecule has 0 saturated heterocycles. The molecule has 0 fully saturated rings. The van der Waals surface area contributed by atoms with Crippen molar-refractivity contribution in [3.63, 3.8) is 0 Å². The van der Waals surface area contributed by atoms with Crippen molar-refractivity contribution >= 4 is 17.3 Å². The van der Waals surface area contributed by atoms with Crippen molar-refractivity contribution in [2.75, 3.05) is 26.1 Å². The number of ether oxygens (including phenoxy) is 2. The number of nitrogens with one attached hydrogen (secondary N) is 2. The molecular formula is C18H23N3O3. The first-order chi connectivity index (χ1) is 11.5. The quantitative estimate of drug-likeness (QED) is 0.816. The third kappa shape index (κ3) is 4.62. The zero-order valence-electron chi connectivity index (χ0n) is 14.4. The Labute approximate surface area is 142 Å². The molecule has 1 amide bonds. The summed E-state index contributed by atoms with van der Waals surface area (Å²) >= 11 is 0. The molecule has 2 rings (SSSR count). The molecule has 128 valence electrons. The van der Waals surface area contributed by atoms with Crippen LogP contribution in [0.15, 0.2) is 36.5 Å². The molecule has 0 spiro atoms. The van der Waals surface area contributed by atoms with Crippen LogP contribution in [-0.4, -0.2) is 31.7 Å². The monoisotopic (exact) mass is 329 g/mol. The summed E-state index contributed by atoms with van der Waals surface area (Å²) in [7, 11) is 3.21. The van der Waals surface area contributed by atoms with Crippen LogP contribution in [0.2, 0.25) is 0 Å². The number of hydrogen-bond donors (Lipinski definition) is 2. The molecule has 1 heterocycles. The smallest absolute Gasteiger partial charge is 0.269 e. The van der Waals surface area contributed by atoms with Gasteiger partial charge in [0.05, 0.1) is 31.8 Å². The van der Waals surface area contributed by atoms with Crippen LogP contribution in [0.1, 0.15) is 24.3 Å². The molecule has 0 bridgehead atoms. The molecule has 2 aromatic rings. The van der Waals surface area contributed by atoms with Crippen LogP contribution in [0, 0.1) is 5.92 Å². The summed E-state index contributed by atoms with van der Waals surface area (Å²) in [6.07, 6.45) is 1.61. The van der Waals surface area contributed by atoms with Crippen molar-refractivity contribution < 1.29 is 14.3 Å². The Morgan fingerprint density at radius 2 is 1.96 bits per heavy atom. The van der Waals surface area contributed by atoms with Gasteiger partial charge in [0, 0.05) is 12.6 Å². The zero-order valence-corrected chi connectivity index (χ0v) is 14.4. The standard InChI is InChI=1S/C18H23N3O3/c1-12(2)10-20-18(22)15-7-5-13(11-19-15)21-16-9-14(23-3)6-8-17(16)24-4/h5-9,11-12,21H,10H2,1-4H3,(H,20,22). The lowest BCUT2D eigenvalue weighted by molar-refractivity contribution is 0.0944. The van der Waals surface area contributed by atoms with Gasteiger partial charge in [0.1, 0.15) is 17.2 Å². The normalized spacial score (nSPS) is 10.4. The predicted molar refractivity (Wildman–Crippen MR) is 94.2 cm³/mol. The van der Waals surface area contributed by atoms with Crippen LogP contribution >= 0.6 is 0 Å². The van der Waals surface area contributed by atoms with Gasteiger partial charge in [-0.25, -0.2) is 4.98 Å². The van der Waals surface area contributed by atoms with Crippen molar-refractivity contribution in [1.29, 1.82) is 0 Å². The van der Waals surface area contributed by atoms with E-state index in [-0.39, 0.29) is 5.91 Å². The molecule has 1 aromatic carbocycles. The number of nitrogens with zero attached hydrogens (tertiary/aromatic N) is 1. The number of rotatable bonds is 7. The summed E-state index contributed by atoms with van der Waals surface area (Å²) in [5, 5.41) is 6.06. The van der Waals surface area contributed by atoms with Crippen LogP contribution < -0.4 is 20.1 Å². The van der Waals surface area contributed by atoms with Gasteiger partial charge in [0.15, 0.2) is 0 Å². The lowest BCUT2D eigenvalue weighted by Gasteiger charge is -2.13. The van der Waals surface area contributed by atoms with E-state index in [0.717, 1.165) is 17.1 Å². The van der Waals surface area contributed by atoms with Crippen LogP contribution in [0.25, 0.3) is 0 Å². The van der Waals surface area contributed by atoms with Crippen LogP contribution in [-0.2, 0) is 0 Å². The van der Waals surface area contributed by atoms with Gasteiger partial charge in [-0.3, -0.25) is 4.79 Å². The first kappa shape index (κ1) is 17.6. The maximum atomic E-state index is 12.0. The number of hydrogen-bond acceptors (Lipinski definition) is 5. The number of anilines is 2. The summed E-state index contributed by atoms with van der Waals surface area (Å²) in [5.74, 6) is 1.63. The summed E-state index contributed by atoms with van der Waals surface area (Å²) in [4.78, 5) is 16.2. The van der Waals surface area contributed by atoms with Gasteiger partial charge in [0.25, 0.3) is 5.91 Å². The van der Waals surface area contributed by atoms with Crippen molar-refractivity contribution in [3.8, 4) is 11.5 Å². The van der Waals surface area contributed by atoms with E-state index in [1.807, 2.05) is 32.0 Å². The third-order valence-corrected chi connectivity index (χ3v) is 3.35. The Morgan fingerprint density at radius 3 is 2.54 bits per heavy atom. The second-order valence-electron chi connectivity index (χ2n) is 5.73. The fourth-order valence-electron chi connectivity index (χ4n) is 2.06. The van der Waals surface area contributed by atoms with E-state index in [9.17, 15) is 4.79 Å². The molecule has 0 aliphatic rings. The Bertz CT molecular complexity index is 684. The highest BCUT2D eigenvalue weighted by atomic mass is 16.5. The van der Waals surface area contributed by atoms with Gasteiger partial charge >= 0.3 is 0 Å². The van der Waals surface area contributed by atoms with Crippen LogP contribution in [0.5, 0.6) is 11.5 Å². The van der Waals surface area contributed by atoms with E-state index in [1.54, 1.807) is 32.5 Å². The predicted octanol–water partition coefficient (Wildman–Crippen LogP) is 3.23. The molecule has 0 aliphatic heterocycles. The SMILES string of the molecule is COc1ccc(OC)c(Nc2ccc(C(=O)NCC(C)C)nc2)c1. The molecule has 24 heavy (non-hydrogen) atoms.